The van der Waals surface area contributed by atoms with Crippen LogP contribution in [0.2, 0.25) is 0 Å². The van der Waals surface area contributed by atoms with Crippen LogP contribution in [0.25, 0.3) is 0 Å². The number of hydrogen-bond donors (Lipinski definition) is 2. The van der Waals surface area contributed by atoms with Gasteiger partial charge in [0.2, 0.25) is 11.0 Å². The number of amides is 1. The molecule has 1 aromatic heterocycles. The zero-order chi connectivity index (χ0) is 13.2. The average molecular weight is 268 g/mol. The van der Waals surface area contributed by atoms with E-state index in [9.17, 15) is 4.79 Å². The third-order valence-corrected chi connectivity index (χ3v) is 4.03. The van der Waals surface area contributed by atoms with Crippen LogP contribution >= 0.6 is 11.3 Å². The fourth-order valence-electron chi connectivity index (χ4n) is 1.80. The lowest BCUT2D eigenvalue weighted by atomic mass is 9.96. The van der Waals surface area contributed by atoms with E-state index < -0.39 is 5.41 Å². The van der Waals surface area contributed by atoms with Gasteiger partial charge in [-0.25, -0.2) is 0 Å². The van der Waals surface area contributed by atoms with Crippen molar-refractivity contribution in [1.29, 1.82) is 0 Å². The van der Waals surface area contributed by atoms with E-state index >= 15 is 0 Å². The van der Waals surface area contributed by atoms with E-state index in [1.807, 2.05) is 20.8 Å². The third kappa shape index (κ3) is 3.26. The van der Waals surface area contributed by atoms with Crippen molar-refractivity contribution in [3.63, 3.8) is 0 Å². The Morgan fingerprint density at radius 2 is 2.00 bits per heavy atom. The van der Waals surface area contributed by atoms with E-state index in [2.05, 4.69) is 20.8 Å². The molecule has 6 heteroatoms. The van der Waals surface area contributed by atoms with Gasteiger partial charge in [0.1, 0.15) is 5.01 Å². The maximum absolute atomic E-state index is 11.8. The van der Waals surface area contributed by atoms with Gasteiger partial charge in [-0.2, -0.15) is 0 Å². The van der Waals surface area contributed by atoms with Crippen LogP contribution in [0.15, 0.2) is 0 Å². The van der Waals surface area contributed by atoms with Crippen molar-refractivity contribution in [3.05, 3.63) is 5.01 Å². The summed E-state index contributed by atoms with van der Waals surface area (Å²) in [6.07, 6.45) is 2.20. The van der Waals surface area contributed by atoms with Gasteiger partial charge in [0.15, 0.2) is 0 Å². The Morgan fingerprint density at radius 3 is 2.61 bits per heavy atom. The molecule has 1 aliphatic heterocycles. The topological polar surface area (TPSA) is 66.9 Å². The van der Waals surface area contributed by atoms with E-state index in [4.69, 9.17) is 0 Å². The van der Waals surface area contributed by atoms with E-state index in [-0.39, 0.29) is 5.91 Å². The first kappa shape index (κ1) is 13.4. The first-order valence-electron chi connectivity index (χ1n) is 6.32. The number of carbonyl (C=O) groups is 1. The van der Waals surface area contributed by atoms with Crippen molar-refractivity contribution in [2.45, 2.75) is 39.5 Å². The second kappa shape index (κ2) is 5.32. The monoisotopic (exact) mass is 268 g/mol. The predicted molar refractivity (Wildman–Crippen MR) is 72.8 cm³/mol. The van der Waals surface area contributed by atoms with Crippen LogP contribution in [0.5, 0.6) is 0 Å². The summed E-state index contributed by atoms with van der Waals surface area (Å²) in [4.78, 5) is 11.8. The number of nitrogens with zero attached hydrogens (tertiary/aromatic N) is 2. The number of nitrogens with one attached hydrogen (secondary N) is 2. The average Bonchev–Trinajstić information content (AvgIpc) is 2.77. The van der Waals surface area contributed by atoms with Gasteiger partial charge < -0.3 is 10.6 Å². The van der Waals surface area contributed by atoms with Gasteiger partial charge >= 0.3 is 0 Å². The molecule has 0 bridgehead atoms. The van der Waals surface area contributed by atoms with Gasteiger partial charge in [0.05, 0.1) is 0 Å². The van der Waals surface area contributed by atoms with Gasteiger partial charge in [0.25, 0.3) is 0 Å². The molecule has 0 saturated carbocycles. The highest BCUT2D eigenvalue weighted by Crippen LogP contribution is 2.30. The Hall–Kier alpha value is -1.01. The van der Waals surface area contributed by atoms with Crippen LogP contribution in [-0.2, 0) is 4.79 Å². The highest BCUT2D eigenvalue weighted by molar-refractivity contribution is 7.15. The van der Waals surface area contributed by atoms with Gasteiger partial charge in [-0.05, 0) is 25.9 Å². The molecule has 100 valence electrons. The number of aromatic nitrogens is 2. The van der Waals surface area contributed by atoms with Gasteiger partial charge in [0, 0.05) is 11.3 Å². The highest BCUT2D eigenvalue weighted by atomic mass is 32.1. The fraction of sp³-hybridized carbons (Fsp3) is 0.750. The first-order valence-corrected chi connectivity index (χ1v) is 7.14. The molecule has 1 amide bonds. The van der Waals surface area contributed by atoms with Crippen molar-refractivity contribution < 1.29 is 4.79 Å². The molecule has 2 heterocycles. The molecule has 0 unspecified atom stereocenters. The molecule has 0 radical (unpaired) electrons. The third-order valence-electron chi connectivity index (χ3n) is 3.03. The highest BCUT2D eigenvalue weighted by Gasteiger charge is 2.24. The molecule has 0 aliphatic carbocycles. The lowest BCUT2D eigenvalue weighted by molar-refractivity contribution is -0.123. The SMILES string of the molecule is CC(C)(C)C(=O)Nc1nnc(C2CCNCC2)s1. The minimum absolute atomic E-state index is 0.0180. The summed E-state index contributed by atoms with van der Waals surface area (Å²) < 4.78 is 0. The molecule has 0 atom stereocenters. The standard InChI is InChI=1S/C12H20N4OS/c1-12(2,3)10(17)14-11-16-15-9(18-11)8-4-6-13-7-5-8/h8,13H,4-7H2,1-3H3,(H,14,16,17). The van der Waals surface area contributed by atoms with E-state index in [1.165, 1.54) is 11.3 Å². The molecular weight excluding hydrogens is 248 g/mol. The van der Waals surface area contributed by atoms with Crippen molar-refractivity contribution >= 4 is 22.4 Å². The minimum Gasteiger partial charge on any atom is -0.317 e. The van der Waals surface area contributed by atoms with Crippen LogP contribution in [0.3, 0.4) is 0 Å². The van der Waals surface area contributed by atoms with Crippen LogP contribution in [0.1, 0.15) is 44.5 Å². The summed E-state index contributed by atoms with van der Waals surface area (Å²) in [6, 6.07) is 0. The van der Waals surface area contributed by atoms with Gasteiger partial charge in [-0.1, -0.05) is 32.1 Å². The maximum atomic E-state index is 11.8. The van der Waals surface area contributed by atoms with Crippen LogP contribution in [0.4, 0.5) is 5.13 Å². The minimum atomic E-state index is -0.402. The second-order valence-electron chi connectivity index (χ2n) is 5.67. The van der Waals surface area contributed by atoms with Gasteiger partial charge in [-0.15, -0.1) is 10.2 Å². The van der Waals surface area contributed by atoms with E-state index in [0.29, 0.717) is 11.0 Å². The summed E-state index contributed by atoms with van der Waals surface area (Å²) in [7, 11) is 0. The smallest absolute Gasteiger partial charge is 0.231 e. The maximum Gasteiger partial charge on any atom is 0.231 e. The molecule has 5 nitrogen and oxygen atoms in total. The number of anilines is 1. The Morgan fingerprint density at radius 1 is 1.33 bits per heavy atom. The van der Waals surface area contributed by atoms with Crippen molar-refractivity contribution in [2.75, 3.05) is 18.4 Å². The molecule has 0 spiro atoms. The molecular formula is C12H20N4OS. The largest absolute Gasteiger partial charge is 0.317 e. The molecule has 2 rings (SSSR count). The quantitative estimate of drug-likeness (QED) is 0.861. The molecule has 0 aromatic carbocycles. The summed E-state index contributed by atoms with van der Waals surface area (Å²) in [5.74, 6) is 0.472. The normalized spacial score (nSPS) is 17.7. The van der Waals surface area contributed by atoms with Crippen LogP contribution in [-0.4, -0.2) is 29.2 Å². The predicted octanol–water partition coefficient (Wildman–Crippen LogP) is 1.99. The lowest BCUT2D eigenvalue weighted by Crippen LogP contribution is -2.27. The summed E-state index contributed by atoms with van der Waals surface area (Å²) >= 11 is 1.50. The number of hydrogen-bond acceptors (Lipinski definition) is 5. The summed E-state index contributed by atoms with van der Waals surface area (Å²) in [6.45, 7) is 7.73. The molecule has 1 aromatic rings. The zero-order valence-electron chi connectivity index (χ0n) is 11.1. The fourth-order valence-corrected chi connectivity index (χ4v) is 2.71. The molecule has 2 N–H and O–H groups in total. The lowest BCUT2D eigenvalue weighted by Gasteiger charge is -2.19. The first-order chi connectivity index (χ1) is 8.47. The Labute approximate surface area is 111 Å². The van der Waals surface area contributed by atoms with E-state index in [1.54, 1.807) is 0 Å². The van der Waals surface area contributed by atoms with Gasteiger partial charge in [-0.3, -0.25) is 4.79 Å². The molecule has 1 fully saturated rings. The van der Waals surface area contributed by atoms with Crippen molar-refractivity contribution in [1.82, 2.24) is 15.5 Å². The number of carbonyl (C=O) groups excluding carboxylic acids is 1. The van der Waals surface area contributed by atoms with Crippen LogP contribution in [0, 0.1) is 5.41 Å². The number of piperidine rings is 1. The van der Waals surface area contributed by atoms with Crippen molar-refractivity contribution in [3.8, 4) is 0 Å². The number of rotatable bonds is 2. The molecule has 1 saturated heterocycles. The van der Waals surface area contributed by atoms with E-state index in [0.717, 1.165) is 30.9 Å². The molecule has 1 aliphatic rings. The second-order valence-corrected chi connectivity index (χ2v) is 6.68. The Balaban J connectivity index is 1.99. The van der Waals surface area contributed by atoms with Crippen molar-refractivity contribution in [2.24, 2.45) is 5.41 Å². The zero-order valence-corrected chi connectivity index (χ0v) is 11.9. The van der Waals surface area contributed by atoms with Crippen LogP contribution < -0.4 is 10.6 Å². The summed E-state index contributed by atoms with van der Waals surface area (Å²) in [5, 5.41) is 16.1. The summed E-state index contributed by atoms with van der Waals surface area (Å²) in [5.41, 5.74) is -0.402. The Kier molecular flexibility index (Phi) is 3.97. The molecule has 18 heavy (non-hydrogen) atoms. The Bertz CT molecular complexity index is 418.